The standard InChI is InChI=1S/C19H19ClN2O2/c1-4-22-16-10-9-13(20)11-14(16)12(2)18(22)19(23)21-15-7-5-6-8-17(15)24-3/h5-11H,4H2,1-3H3,(H,21,23). The lowest BCUT2D eigenvalue weighted by molar-refractivity contribution is 0.101. The number of nitrogens with one attached hydrogen (secondary N) is 1. The summed E-state index contributed by atoms with van der Waals surface area (Å²) < 4.78 is 7.31. The predicted molar refractivity (Wildman–Crippen MR) is 98.3 cm³/mol. The number of para-hydroxylation sites is 2. The molecule has 4 nitrogen and oxygen atoms in total. The molecule has 0 spiro atoms. The van der Waals surface area contributed by atoms with E-state index in [0.717, 1.165) is 16.5 Å². The van der Waals surface area contributed by atoms with Crippen molar-refractivity contribution in [1.82, 2.24) is 4.57 Å². The van der Waals surface area contributed by atoms with Gasteiger partial charge >= 0.3 is 0 Å². The van der Waals surface area contributed by atoms with Crippen LogP contribution in [0.25, 0.3) is 10.9 Å². The minimum atomic E-state index is -0.161. The Kier molecular flexibility index (Phi) is 4.49. The number of nitrogens with zero attached hydrogens (tertiary/aromatic N) is 1. The molecule has 3 rings (SSSR count). The Bertz CT molecular complexity index is 915. The molecule has 3 aromatic rings. The van der Waals surface area contributed by atoms with Crippen molar-refractivity contribution in [3.05, 3.63) is 58.7 Å². The van der Waals surface area contributed by atoms with Crippen LogP contribution in [-0.4, -0.2) is 17.6 Å². The van der Waals surface area contributed by atoms with Crippen LogP contribution < -0.4 is 10.1 Å². The zero-order valence-corrected chi connectivity index (χ0v) is 14.6. The van der Waals surface area contributed by atoms with Crippen LogP contribution in [0.1, 0.15) is 23.0 Å². The first-order valence-corrected chi connectivity index (χ1v) is 8.17. The molecule has 0 atom stereocenters. The number of aryl methyl sites for hydroxylation is 2. The Hall–Kier alpha value is -2.46. The summed E-state index contributed by atoms with van der Waals surface area (Å²) in [5.74, 6) is 0.469. The molecule has 0 aliphatic heterocycles. The number of hydrogen-bond acceptors (Lipinski definition) is 2. The summed E-state index contributed by atoms with van der Waals surface area (Å²) in [4.78, 5) is 12.9. The molecule has 0 saturated heterocycles. The molecule has 0 saturated carbocycles. The van der Waals surface area contributed by atoms with E-state index in [9.17, 15) is 4.79 Å². The summed E-state index contributed by atoms with van der Waals surface area (Å²) in [5, 5.41) is 4.61. The minimum absolute atomic E-state index is 0.161. The fourth-order valence-corrected chi connectivity index (χ4v) is 3.22. The molecular formula is C19H19ClN2O2. The molecule has 24 heavy (non-hydrogen) atoms. The van der Waals surface area contributed by atoms with Gasteiger partial charge in [0.1, 0.15) is 11.4 Å². The fraction of sp³-hybridized carbons (Fsp3) is 0.211. The second-order valence-electron chi connectivity index (χ2n) is 5.53. The third-order valence-corrected chi connectivity index (χ3v) is 4.40. The third-order valence-electron chi connectivity index (χ3n) is 4.17. The van der Waals surface area contributed by atoms with Crippen molar-refractivity contribution in [3.8, 4) is 5.75 Å². The van der Waals surface area contributed by atoms with Crippen LogP contribution in [0.2, 0.25) is 5.02 Å². The summed E-state index contributed by atoms with van der Waals surface area (Å²) in [6.07, 6.45) is 0. The van der Waals surface area contributed by atoms with Gasteiger partial charge in [-0.1, -0.05) is 23.7 Å². The van der Waals surface area contributed by atoms with Crippen molar-refractivity contribution in [2.75, 3.05) is 12.4 Å². The van der Waals surface area contributed by atoms with Gasteiger partial charge in [0.25, 0.3) is 5.91 Å². The van der Waals surface area contributed by atoms with E-state index < -0.39 is 0 Å². The lowest BCUT2D eigenvalue weighted by atomic mass is 10.1. The van der Waals surface area contributed by atoms with Crippen molar-refractivity contribution in [1.29, 1.82) is 0 Å². The normalized spacial score (nSPS) is 10.8. The van der Waals surface area contributed by atoms with Gasteiger partial charge < -0.3 is 14.6 Å². The van der Waals surface area contributed by atoms with Crippen LogP contribution in [-0.2, 0) is 6.54 Å². The van der Waals surface area contributed by atoms with E-state index in [1.165, 1.54) is 0 Å². The maximum absolute atomic E-state index is 12.9. The lowest BCUT2D eigenvalue weighted by Gasteiger charge is -2.12. The average molecular weight is 343 g/mol. The van der Waals surface area contributed by atoms with Gasteiger partial charge in [0.15, 0.2) is 0 Å². The van der Waals surface area contributed by atoms with Gasteiger partial charge in [-0.15, -0.1) is 0 Å². The Morgan fingerprint density at radius 1 is 1.25 bits per heavy atom. The van der Waals surface area contributed by atoms with E-state index in [1.54, 1.807) is 7.11 Å². The minimum Gasteiger partial charge on any atom is -0.495 e. The van der Waals surface area contributed by atoms with Crippen molar-refractivity contribution in [2.45, 2.75) is 20.4 Å². The second kappa shape index (κ2) is 6.57. The molecule has 0 fully saturated rings. The third kappa shape index (κ3) is 2.74. The molecule has 1 N–H and O–H groups in total. The Balaban J connectivity index is 2.08. The van der Waals surface area contributed by atoms with E-state index in [2.05, 4.69) is 5.32 Å². The summed E-state index contributed by atoms with van der Waals surface area (Å²) in [6, 6.07) is 13.1. The predicted octanol–water partition coefficient (Wildman–Crippen LogP) is 4.88. The Morgan fingerprint density at radius 2 is 2.00 bits per heavy atom. The van der Waals surface area contributed by atoms with Gasteiger partial charge in [-0.3, -0.25) is 4.79 Å². The maximum Gasteiger partial charge on any atom is 0.272 e. The number of fused-ring (bicyclic) bond motifs is 1. The molecule has 1 heterocycles. The summed E-state index contributed by atoms with van der Waals surface area (Å²) >= 11 is 6.12. The molecule has 124 valence electrons. The SMILES string of the molecule is CCn1c(C(=O)Nc2ccccc2OC)c(C)c2cc(Cl)ccc21. The molecule has 1 amide bonds. The van der Waals surface area contributed by atoms with E-state index in [-0.39, 0.29) is 5.91 Å². The molecule has 0 unspecified atom stereocenters. The van der Waals surface area contributed by atoms with E-state index in [4.69, 9.17) is 16.3 Å². The average Bonchev–Trinajstić information content (AvgIpc) is 2.87. The Labute approximate surface area is 146 Å². The fourth-order valence-electron chi connectivity index (χ4n) is 3.05. The first kappa shape index (κ1) is 16.4. The second-order valence-corrected chi connectivity index (χ2v) is 5.97. The lowest BCUT2D eigenvalue weighted by Crippen LogP contribution is -2.18. The number of benzene rings is 2. The summed E-state index contributed by atoms with van der Waals surface area (Å²) in [5.41, 5.74) is 3.21. The van der Waals surface area contributed by atoms with Crippen LogP contribution in [0.3, 0.4) is 0 Å². The van der Waals surface area contributed by atoms with Crippen LogP contribution >= 0.6 is 11.6 Å². The monoisotopic (exact) mass is 342 g/mol. The zero-order valence-electron chi connectivity index (χ0n) is 13.9. The van der Waals surface area contributed by atoms with Crippen LogP contribution in [0.4, 0.5) is 5.69 Å². The van der Waals surface area contributed by atoms with Crippen LogP contribution in [0.15, 0.2) is 42.5 Å². The maximum atomic E-state index is 12.9. The quantitative estimate of drug-likeness (QED) is 0.734. The van der Waals surface area contributed by atoms with E-state index in [1.807, 2.05) is 60.9 Å². The molecule has 0 aliphatic carbocycles. The van der Waals surface area contributed by atoms with Crippen molar-refractivity contribution in [3.63, 3.8) is 0 Å². The molecule has 0 aliphatic rings. The van der Waals surface area contributed by atoms with Gasteiger partial charge in [0, 0.05) is 22.5 Å². The summed E-state index contributed by atoms with van der Waals surface area (Å²) in [6.45, 7) is 4.66. The topological polar surface area (TPSA) is 43.3 Å². The largest absolute Gasteiger partial charge is 0.495 e. The number of carbonyl (C=O) groups is 1. The summed E-state index contributed by atoms with van der Waals surface area (Å²) in [7, 11) is 1.58. The zero-order chi connectivity index (χ0) is 17.3. The highest BCUT2D eigenvalue weighted by Gasteiger charge is 2.20. The number of aromatic nitrogens is 1. The first-order chi connectivity index (χ1) is 11.6. The molecular weight excluding hydrogens is 324 g/mol. The van der Waals surface area contributed by atoms with Crippen molar-refractivity contribution < 1.29 is 9.53 Å². The first-order valence-electron chi connectivity index (χ1n) is 7.79. The highest BCUT2D eigenvalue weighted by Crippen LogP contribution is 2.30. The number of hydrogen-bond donors (Lipinski definition) is 1. The van der Waals surface area contributed by atoms with E-state index in [0.29, 0.717) is 28.7 Å². The molecule has 2 aromatic carbocycles. The number of amides is 1. The van der Waals surface area contributed by atoms with Gasteiger partial charge in [-0.25, -0.2) is 0 Å². The number of carbonyl (C=O) groups excluding carboxylic acids is 1. The Morgan fingerprint density at radius 3 is 2.71 bits per heavy atom. The smallest absolute Gasteiger partial charge is 0.272 e. The van der Waals surface area contributed by atoms with Gasteiger partial charge in [0.05, 0.1) is 12.8 Å². The molecule has 0 bridgehead atoms. The number of rotatable bonds is 4. The highest BCUT2D eigenvalue weighted by atomic mass is 35.5. The van der Waals surface area contributed by atoms with Crippen LogP contribution in [0, 0.1) is 6.92 Å². The number of methoxy groups -OCH3 is 1. The van der Waals surface area contributed by atoms with Gasteiger partial charge in [-0.05, 0) is 49.7 Å². The number of halogens is 1. The number of anilines is 1. The van der Waals surface area contributed by atoms with Crippen molar-refractivity contribution >= 4 is 34.1 Å². The van der Waals surface area contributed by atoms with Crippen molar-refractivity contribution in [2.24, 2.45) is 0 Å². The highest BCUT2D eigenvalue weighted by molar-refractivity contribution is 6.31. The molecule has 0 radical (unpaired) electrons. The van der Waals surface area contributed by atoms with Gasteiger partial charge in [0.2, 0.25) is 0 Å². The number of ether oxygens (including phenoxy) is 1. The van der Waals surface area contributed by atoms with Crippen LogP contribution in [0.5, 0.6) is 5.75 Å². The molecule has 1 aromatic heterocycles. The van der Waals surface area contributed by atoms with E-state index >= 15 is 0 Å². The molecule has 5 heteroatoms. The van der Waals surface area contributed by atoms with Gasteiger partial charge in [-0.2, -0.15) is 0 Å².